The van der Waals surface area contributed by atoms with Gasteiger partial charge in [0.1, 0.15) is 0 Å². The Balaban J connectivity index is 1.75. The van der Waals surface area contributed by atoms with Gasteiger partial charge in [-0.05, 0) is 48.9 Å². The van der Waals surface area contributed by atoms with Crippen LogP contribution in [0.2, 0.25) is 0 Å². The number of nitrogens with two attached hydrogens (primary N) is 1. The van der Waals surface area contributed by atoms with E-state index < -0.39 is 0 Å². The van der Waals surface area contributed by atoms with Gasteiger partial charge in [-0.15, -0.1) is 11.3 Å². The molecule has 1 aromatic carbocycles. The summed E-state index contributed by atoms with van der Waals surface area (Å²) in [5.74, 6) is 0.128. The van der Waals surface area contributed by atoms with E-state index in [9.17, 15) is 4.79 Å². The Bertz CT molecular complexity index is 600. The van der Waals surface area contributed by atoms with Gasteiger partial charge in [-0.2, -0.15) is 0 Å². The number of benzene rings is 1. The van der Waals surface area contributed by atoms with Gasteiger partial charge in [0.2, 0.25) is 5.91 Å². The van der Waals surface area contributed by atoms with Crippen LogP contribution >= 0.6 is 11.3 Å². The van der Waals surface area contributed by atoms with Crippen LogP contribution in [0.15, 0.2) is 41.8 Å². The second-order valence-corrected chi connectivity index (χ2v) is 6.39. The van der Waals surface area contributed by atoms with Gasteiger partial charge in [-0.25, -0.2) is 0 Å². The molecule has 1 aliphatic carbocycles. The molecule has 0 radical (unpaired) electrons. The van der Waals surface area contributed by atoms with E-state index in [1.165, 1.54) is 4.88 Å². The van der Waals surface area contributed by atoms with Crippen molar-refractivity contribution in [2.24, 2.45) is 0 Å². The maximum absolute atomic E-state index is 12.6. The number of nitrogens with one attached hydrogen (secondary N) is 1. The predicted octanol–water partition coefficient (Wildman–Crippen LogP) is 3.24. The van der Waals surface area contributed by atoms with Crippen LogP contribution in [-0.2, 0) is 10.2 Å². The molecule has 3 rings (SSSR count). The van der Waals surface area contributed by atoms with Gasteiger partial charge in [0.05, 0.1) is 11.5 Å². The van der Waals surface area contributed by atoms with Crippen molar-refractivity contribution >= 4 is 22.9 Å². The molecule has 1 heterocycles. The van der Waals surface area contributed by atoms with Crippen LogP contribution in [0.3, 0.4) is 0 Å². The average Bonchev–Trinajstić information content (AvgIpc) is 3.06. The van der Waals surface area contributed by atoms with Crippen molar-refractivity contribution in [3.8, 4) is 0 Å². The zero-order valence-electron chi connectivity index (χ0n) is 11.4. The topological polar surface area (TPSA) is 55.1 Å². The van der Waals surface area contributed by atoms with E-state index in [2.05, 4.69) is 11.4 Å². The lowest BCUT2D eigenvalue weighted by Crippen LogP contribution is -2.36. The van der Waals surface area contributed by atoms with Crippen molar-refractivity contribution in [2.45, 2.75) is 31.2 Å². The molecule has 1 saturated carbocycles. The van der Waals surface area contributed by atoms with Gasteiger partial charge in [-0.3, -0.25) is 4.79 Å². The second-order valence-electron chi connectivity index (χ2n) is 5.41. The molecule has 2 aromatic rings. The van der Waals surface area contributed by atoms with E-state index in [0.717, 1.165) is 24.1 Å². The largest absolute Gasteiger partial charge is 0.399 e. The molecule has 0 aliphatic heterocycles. The van der Waals surface area contributed by atoms with Crippen LogP contribution in [-0.4, -0.2) is 5.91 Å². The molecule has 3 nitrogen and oxygen atoms in total. The molecule has 1 fully saturated rings. The third kappa shape index (κ3) is 2.31. The highest BCUT2D eigenvalue weighted by atomic mass is 32.1. The smallest absolute Gasteiger partial charge is 0.231 e. The summed E-state index contributed by atoms with van der Waals surface area (Å²) in [6, 6.07) is 11.8. The van der Waals surface area contributed by atoms with Crippen LogP contribution < -0.4 is 11.1 Å². The highest BCUT2D eigenvalue weighted by Gasteiger charge is 2.51. The van der Waals surface area contributed by atoms with Crippen LogP contribution in [0.5, 0.6) is 0 Å². The molecule has 1 atom stereocenters. The zero-order valence-corrected chi connectivity index (χ0v) is 12.2. The molecule has 1 amide bonds. The maximum atomic E-state index is 12.6. The SMILES string of the molecule is C[C@H](NC(=O)C1(c2ccc(N)cc2)CC1)c1cccs1. The number of amides is 1. The molecule has 20 heavy (non-hydrogen) atoms. The molecule has 0 bridgehead atoms. The number of rotatable bonds is 4. The summed E-state index contributed by atoms with van der Waals surface area (Å²) < 4.78 is 0. The molecule has 3 N–H and O–H groups in total. The van der Waals surface area contributed by atoms with Crippen LogP contribution in [0.25, 0.3) is 0 Å². The number of thiophene rings is 1. The summed E-state index contributed by atoms with van der Waals surface area (Å²) in [6.45, 7) is 2.03. The number of anilines is 1. The third-order valence-corrected chi connectivity index (χ3v) is 5.02. The monoisotopic (exact) mass is 286 g/mol. The molecule has 1 aromatic heterocycles. The lowest BCUT2D eigenvalue weighted by Gasteiger charge is -2.19. The van der Waals surface area contributed by atoms with Crippen molar-refractivity contribution in [3.05, 3.63) is 52.2 Å². The average molecular weight is 286 g/mol. The third-order valence-electron chi connectivity index (χ3n) is 3.97. The normalized spacial score (nSPS) is 17.4. The van der Waals surface area contributed by atoms with Gasteiger partial charge in [0, 0.05) is 10.6 Å². The summed E-state index contributed by atoms with van der Waals surface area (Å²) >= 11 is 1.67. The summed E-state index contributed by atoms with van der Waals surface area (Å²) in [6.07, 6.45) is 1.83. The molecule has 0 saturated heterocycles. The van der Waals surface area contributed by atoms with Gasteiger partial charge in [0.15, 0.2) is 0 Å². The highest BCUT2D eigenvalue weighted by molar-refractivity contribution is 7.10. The van der Waals surface area contributed by atoms with Crippen molar-refractivity contribution in [1.82, 2.24) is 5.32 Å². The fraction of sp³-hybridized carbons (Fsp3) is 0.312. The van der Waals surface area contributed by atoms with E-state index in [-0.39, 0.29) is 17.4 Å². The predicted molar refractivity (Wildman–Crippen MR) is 82.6 cm³/mol. The zero-order chi connectivity index (χ0) is 14.2. The second kappa shape index (κ2) is 4.94. The first kappa shape index (κ1) is 13.2. The number of carbonyl (C=O) groups is 1. The Kier molecular flexibility index (Phi) is 3.26. The van der Waals surface area contributed by atoms with Crippen molar-refractivity contribution in [1.29, 1.82) is 0 Å². The Labute approximate surface area is 122 Å². The van der Waals surface area contributed by atoms with Crippen molar-refractivity contribution in [3.63, 3.8) is 0 Å². The van der Waals surface area contributed by atoms with Gasteiger partial charge < -0.3 is 11.1 Å². The molecule has 0 unspecified atom stereocenters. The number of carbonyl (C=O) groups excluding carboxylic acids is 1. The molecular weight excluding hydrogens is 268 g/mol. The molecule has 1 aliphatic rings. The van der Waals surface area contributed by atoms with E-state index >= 15 is 0 Å². The minimum Gasteiger partial charge on any atom is -0.399 e. The van der Waals surface area contributed by atoms with Gasteiger partial charge in [-0.1, -0.05) is 18.2 Å². The molecule has 4 heteroatoms. The number of hydrogen-bond acceptors (Lipinski definition) is 3. The minimum absolute atomic E-state index is 0.0637. The number of nitrogen functional groups attached to an aromatic ring is 1. The van der Waals surface area contributed by atoms with E-state index in [1.54, 1.807) is 11.3 Å². The van der Waals surface area contributed by atoms with Crippen molar-refractivity contribution < 1.29 is 4.79 Å². The summed E-state index contributed by atoms with van der Waals surface area (Å²) in [5, 5.41) is 5.17. The first-order valence-electron chi connectivity index (χ1n) is 6.82. The fourth-order valence-electron chi connectivity index (χ4n) is 2.52. The summed E-state index contributed by atoms with van der Waals surface area (Å²) in [5.41, 5.74) is 7.18. The molecular formula is C16H18N2OS. The van der Waals surface area contributed by atoms with Crippen LogP contribution in [0.4, 0.5) is 5.69 Å². The van der Waals surface area contributed by atoms with E-state index in [4.69, 9.17) is 5.73 Å². The summed E-state index contributed by atoms with van der Waals surface area (Å²) in [4.78, 5) is 13.8. The number of hydrogen-bond donors (Lipinski definition) is 2. The van der Waals surface area contributed by atoms with Crippen molar-refractivity contribution in [2.75, 3.05) is 5.73 Å². The van der Waals surface area contributed by atoms with E-state index in [1.807, 2.05) is 42.6 Å². The first-order chi connectivity index (χ1) is 9.62. The lowest BCUT2D eigenvalue weighted by molar-refractivity contribution is -0.124. The van der Waals surface area contributed by atoms with Crippen LogP contribution in [0, 0.1) is 0 Å². The lowest BCUT2D eigenvalue weighted by atomic mass is 9.94. The van der Waals surface area contributed by atoms with Crippen LogP contribution in [0.1, 0.15) is 36.2 Å². The molecule has 104 valence electrons. The van der Waals surface area contributed by atoms with Gasteiger partial charge in [0.25, 0.3) is 0 Å². The van der Waals surface area contributed by atoms with E-state index in [0.29, 0.717) is 0 Å². The minimum atomic E-state index is -0.334. The summed E-state index contributed by atoms with van der Waals surface area (Å²) in [7, 11) is 0. The molecule has 0 spiro atoms. The highest BCUT2D eigenvalue weighted by Crippen LogP contribution is 2.48. The Morgan fingerprint density at radius 1 is 1.30 bits per heavy atom. The van der Waals surface area contributed by atoms with Gasteiger partial charge >= 0.3 is 0 Å². The standard InChI is InChI=1S/C16H18N2OS/c1-11(14-3-2-10-20-14)18-15(19)16(8-9-16)12-4-6-13(17)7-5-12/h2-7,10-11H,8-9,17H2,1H3,(H,18,19)/t11-/m0/s1. The Morgan fingerprint density at radius 3 is 2.55 bits per heavy atom. The fourth-order valence-corrected chi connectivity index (χ4v) is 3.25. The first-order valence-corrected chi connectivity index (χ1v) is 7.70. The Morgan fingerprint density at radius 2 is 2.00 bits per heavy atom. The quantitative estimate of drug-likeness (QED) is 0.848. The Hall–Kier alpha value is -1.81. The maximum Gasteiger partial charge on any atom is 0.231 e.